The van der Waals surface area contributed by atoms with Crippen LogP contribution in [0.25, 0.3) is 6.08 Å². The molecule has 0 radical (unpaired) electrons. The van der Waals surface area contributed by atoms with Crippen LogP contribution in [-0.4, -0.2) is 22.1 Å². The summed E-state index contributed by atoms with van der Waals surface area (Å²) in [4.78, 5) is 0. The molecule has 0 saturated heterocycles. The summed E-state index contributed by atoms with van der Waals surface area (Å²) in [5.41, 5.74) is 2.49. The van der Waals surface area contributed by atoms with Gasteiger partial charge in [0.2, 0.25) is 0 Å². The van der Waals surface area contributed by atoms with E-state index >= 15 is 0 Å². The zero-order chi connectivity index (χ0) is 17.6. The first-order valence-corrected chi connectivity index (χ1v) is 8.83. The molecule has 0 spiro atoms. The molecule has 0 heterocycles. The van der Waals surface area contributed by atoms with Gasteiger partial charge in [0, 0.05) is 7.05 Å². The molecule has 2 aromatic rings. The molecule has 0 aliphatic carbocycles. The lowest BCUT2D eigenvalue weighted by Crippen LogP contribution is -2.24. The maximum atomic E-state index is 12.4. The van der Waals surface area contributed by atoms with Gasteiger partial charge in [0.05, 0.1) is 11.1 Å². The minimum Gasteiger partial charge on any atom is -0.481 e. The summed E-state index contributed by atoms with van der Waals surface area (Å²) in [5, 5.41) is 1.19. The Kier molecular flexibility index (Phi) is 5.67. The highest BCUT2D eigenvalue weighted by atomic mass is 32.2. The van der Waals surface area contributed by atoms with E-state index in [4.69, 9.17) is 11.2 Å². The second-order valence-electron chi connectivity index (χ2n) is 5.21. The Morgan fingerprint density at radius 3 is 2.33 bits per heavy atom. The van der Waals surface area contributed by atoms with Crippen molar-refractivity contribution in [1.82, 2.24) is 0 Å². The van der Waals surface area contributed by atoms with Crippen LogP contribution < -0.4 is 9.04 Å². The lowest BCUT2D eigenvalue weighted by molar-refractivity contribution is 0.370. The zero-order valence-corrected chi connectivity index (χ0v) is 14.5. The van der Waals surface area contributed by atoms with E-state index in [1.165, 1.54) is 16.8 Å². The van der Waals surface area contributed by atoms with E-state index in [2.05, 4.69) is 5.92 Å². The maximum Gasteiger partial charge on any atom is 0.257 e. The molecule has 0 unspecified atom stereocenters. The van der Waals surface area contributed by atoms with Crippen molar-refractivity contribution in [2.75, 3.05) is 18.0 Å². The average molecular weight is 341 g/mol. The molecule has 0 N–H and O–H groups in total. The standard InChI is InChI=1S/C19H19NO3S/c1-4-14-23-19-11-9-18(10-12-19)20(3)24(21,22)15-13-17-7-5-16(2)6-8-17/h1,5-13,15H,14H2,2-3H3/b15-13+. The smallest absolute Gasteiger partial charge is 0.257 e. The predicted molar refractivity (Wildman–Crippen MR) is 98.3 cm³/mol. The van der Waals surface area contributed by atoms with Crippen molar-refractivity contribution in [1.29, 1.82) is 0 Å². The van der Waals surface area contributed by atoms with Crippen molar-refractivity contribution in [2.45, 2.75) is 6.92 Å². The fraction of sp³-hybridized carbons (Fsp3) is 0.158. The van der Waals surface area contributed by atoms with Gasteiger partial charge in [0.25, 0.3) is 10.0 Å². The second-order valence-corrected chi connectivity index (χ2v) is 7.06. The Hall–Kier alpha value is -2.71. The molecular formula is C19H19NO3S. The second kappa shape index (κ2) is 7.71. The lowest BCUT2D eigenvalue weighted by atomic mass is 10.2. The van der Waals surface area contributed by atoms with Crippen molar-refractivity contribution in [2.24, 2.45) is 0 Å². The molecular weight excluding hydrogens is 322 g/mol. The number of aryl methyl sites for hydroxylation is 1. The molecule has 0 amide bonds. The Morgan fingerprint density at radius 1 is 1.12 bits per heavy atom. The summed E-state index contributed by atoms with van der Waals surface area (Å²) in [6.07, 6.45) is 6.71. The first-order chi connectivity index (χ1) is 11.4. The molecule has 124 valence electrons. The number of nitrogens with zero attached hydrogens (tertiary/aromatic N) is 1. The van der Waals surface area contributed by atoms with Gasteiger partial charge < -0.3 is 4.74 Å². The van der Waals surface area contributed by atoms with E-state index in [0.29, 0.717) is 11.4 Å². The third-order valence-electron chi connectivity index (χ3n) is 3.41. The van der Waals surface area contributed by atoms with Crippen LogP contribution in [0, 0.1) is 19.3 Å². The highest BCUT2D eigenvalue weighted by Crippen LogP contribution is 2.21. The van der Waals surface area contributed by atoms with E-state index in [9.17, 15) is 8.42 Å². The molecule has 5 heteroatoms. The minimum absolute atomic E-state index is 0.173. The summed E-state index contributed by atoms with van der Waals surface area (Å²) in [7, 11) is -2.07. The Morgan fingerprint density at radius 2 is 1.75 bits per heavy atom. The first kappa shape index (κ1) is 17.6. The van der Waals surface area contributed by atoms with Gasteiger partial charge in [0.15, 0.2) is 0 Å². The van der Waals surface area contributed by atoms with Gasteiger partial charge >= 0.3 is 0 Å². The number of hydrogen-bond acceptors (Lipinski definition) is 3. The normalized spacial score (nSPS) is 11.2. The first-order valence-electron chi connectivity index (χ1n) is 7.32. The van der Waals surface area contributed by atoms with Crippen LogP contribution in [0.15, 0.2) is 53.9 Å². The number of terminal acetylenes is 1. The summed E-state index contributed by atoms with van der Waals surface area (Å²) in [5.74, 6) is 2.97. The summed E-state index contributed by atoms with van der Waals surface area (Å²) in [6, 6.07) is 14.3. The van der Waals surface area contributed by atoms with Crippen molar-refractivity contribution >= 4 is 21.8 Å². The quantitative estimate of drug-likeness (QED) is 0.756. The fourth-order valence-electron chi connectivity index (χ4n) is 1.96. The lowest BCUT2D eigenvalue weighted by Gasteiger charge is -2.17. The van der Waals surface area contributed by atoms with Crippen molar-refractivity contribution in [3.8, 4) is 18.1 Å². The topological polar surface area (TPSA) is 46.6 Å². The van der Waals surface area contributed by atoms with E-state index < -0.39 is 10.0 Å². The predicted octanol–water partition coefficient (Wildman–Crippen LogP) is 3.44. The van der Waals surface area contributed by atoms with Gasteiger partial charge in [-0.3, -0.25) is 4.31 Å². The van der Waals surface area contributed by atoms with E-state index in [1.54, 1.807) is 30.3 Å². The summed E-state index contributed by atoms with van der Waals surface area (Å²) < 4.78 is 31.3. The van der Waals surface area contributed by atoms with Gasteiger partial charge in [-0.25, -0.2) is 8.42 Å². The third-order valence-corrected chi connectivity index (χ3v) is 4.87. The number of anilines is 1. The van der Waals surface area contributed by atoms with E-state index in [-0.39, 0.29) is 6.61 Å². The van der Waals surface area contributed by atoms with Gasteiger partial charge in [-0.1, -0.05) is 35.7 Å². The molecule has 0 atom stereocenters. The van der Waals surface area contributed by atoms with Crippen LogP contribution in [-0.2, 0) is 10.0 Å². The van der Waals surface area contributed by atoms with Crippen molar-refractivity contribution in [3.05, 3.63) is 65.1 Å². The molecule has 0 aromatic heterocycles. The van der Waals surface area contributed by atoms with Gasteiger partial charge in [0.1, 0.15) is 12.4 Å². The molecule has 0 aliphatic heterocycles. The van der Waals surface area contributed by atoms with Crippen LogP contribution >= 0.6 is 0 Å². The maximum absolute atomic E-state index is 12.4. The zero-order valence-electron chi connectivity index (χ0n) is 13.6. The van der Waals surface area contributed by atoms with Crippen LogP contribution in [0.2, 0.25) is 0 Å². The summed E-state index contributed by atoms with van der Waals surface area (Å²) in [6.45, 7) is 2.15. The largest absolute Gasteiger partial charge is 0.481 e. The molecule has 0 aliphatic rings. The Bertz CT molecular complexity index is 845. The third kappa shape index (κ3) is 4.64. The van der Waals surface area contributed by atoms with E-state index in [1.807, 2.05) is 31.2 Å². The van der Waals surface area contributed by atoms with Crippen molar-refractivity contribution in [3.63, 3.8) is 0 Å². The highest BCUT2D eigenvalue weighted by molar-refractivity contribution is 7.95. The minimum atomic E-state index is -3.57. The molecule has 0 saturated carbocycles. The van der Waals surface area contributed by atoms with Crippen LogP contribution in [0.3, 0.4) is 0 Å². The summed E-state index contributed by atoms with van der Waals surface area (Å²) >= 11 is 0. The average Bonchev–Trinajstić information content (AvgIpc) is 2.59. The Labute approximate surface area is 143 Å². The van der Waals surface area contributed by atoms with Crippen LogP contribution in [0.5, 0.6) is 5.75 Å². The number of ether oxygens (including phenoxy) is 1. The fourth-order valence-corrected chi connectivity index (χ4v) is 2.88. The molecule has 0 bridgehead atoms. The van der Waals surface area contributed by atoms with Gasteiger partial charge in [-0.15, -0.1) is 6.42 Å². The number of hydrogen-bond donors (Lipinski definition) is 0. The number of sulfonamides is 1. The van der Waals surface area contributed by atoms with E-state index in [0.717, 1.165) is 11.1 Å². The highest BCUT2D eigenvalue weighted by Gasteiger charge is 2.14. The Balaban J connectivity index is 2.13. The molecule has 2 rings (SSSR count). The van der Waals surface area contributed by atoms with Crippen molar-refractivity contribution < 1.29 is 13.2 Å². The molecule has 0 fully saturated rings. The molecule has 24 heavy (non-hydrogen) atoms. The monoisotopic (exact) mass is 341 g/mol. The SMILES string of the molecule is C#CCOc1ccc(N(C)S(=O)(=O)/C=C/c2ccc(C)cc2)cc1. The van der Waals surface area contributed by atoms with Crippen LogP contribution in [0.4, 0.5) is 5.69 Å². The van der Waals surface area contributed by atoms with Gasteiger partial charge in [-0.05, 0) is 42.8 Å². The van der Waals surface area contributed by atoms with Gasteiger partial charge in [-0.2, -0.15) is 0 Å². The molecule has 2 aromatic carbocycles. The number of rotatable bonds is 6. The van der Waals surface area contributed by atoms with Crippen LogP contribution in [0.1, 0.15) is 11.1 Å². The molecule has 4 nitrogen and oxygen atoms in total. The number of benzene rings is 2.